The van der Waals surface area contributed by atoms with Crippen LogP contribution in [0.1, 0.15) is 38.5 Å². The topological polar surface area (TPSA) is 58.4 Å². The van der Waals surface area contributed by atoms with Gasteiger partial charge in [-0.25, -0.2) is 4.79 Å². The third kappa shape index (κ3) is 2.84. The van der Waals surface area contributed by atoms with Crippen LogP contribution in [0.4, 0.5) is 4.79 Å². The lowest BCUT2D eigenvalue weighted by Crippen LogP contribution is -2.43. The maximum absolute atomic E-state index is 11.9. The van der Waals surface area contributed by atoms with Crippen LogP contribution in [0.3, 0.4) is 0 Å². The summed E-state index contributed by atoms with van der Waals surface area (Å²) in [5.74, 6) is 0. The minimum absolute atomic E-state index is 0.150. The van der Waals surface area contributed by atoms with Crippen molar-refractivity contribution < 1.29 is 4.79 Å². The molecule has 0 aromatic carbocycles. The van der Waals surface area contributed by atoms with Crippen LogP contribution in [0.2, 0.25) is 0 Å². The number of hydrogen-bond donors (Lipinski definition) is 2. The molecule has 4 heteroatoms. The second-order valence-electron chi connectivity index (χ2n) is 4.64. The molecule has 0 spiro atoms. The van der Waals surface area contributed by atoms with E-state index in [1.54, 1.807) is 0 Å². The first-order valence-corrected chi connectivity index (χ1v) is 6.08. The fraction of sp³-hybridized carbons (Fsp3) is 0.909. The lowest BCUT2D eigenvalue weighted by molar-refractivity contribution is 0.189. The van der Waals surface area contributed by atoms with Crippen molar-refractivity contribution in [3.63, 3.8) is 0 Å². The van der Waals surface area contributed by atoms with Crippen molar-refractivity contribution in [1.29, 1.82) is 0 Å². The Morgan fingerprint density at radius 2 is 2.20 bits per heavy atom. The van der Waals surface area contributed by atoms with Gasteiger partial charge in [0.05, 0.1) is 0 Å². The number of nitrogens with zero attached hydrogens (tertiary/aromatic N) is 1. The van der Waals surface area contributed by atoms with Crippen LogP contribution in [-0.2, 0) is 0 Å². The first-order valence-electron chi connectivity index (χ1n) is 6.08. The SMILES string of the molecule is NCCCC1CCCN1C(=O)NC1CC1. The Hall–Kier alpha value is -0.770. The molecule has 2 aliphatic rings. The summed E-state index contributed by atoms with van der Waals surface area (Å²) in [4.78, 5) is 13.9. The van der Waals surface area contributed by atoms with Crippen molar-refractivity contribution in [2.24, 2.45) is 5.73 Å². The monoisotopic (exact) mass is 211 g/mol. The summed E-state index contributed by atoms with van der Waals surface area (Å²) < 4.78 is 0. The number of rotatable bonds is 4. The summed E-state index contributed by atoms with van der Waals surface area (Å²) >= 11 is 0. The van der Waals surface area contributed by atoms with Gasteiger partial charge in [-0.1, -0.05) is 0 Å². The first-order chi connectivity index (χ1) is 7.31. The standard InChI is InChI=1S/C11H21N3O/c12-7-1-3-10-4-2-8-14(10)11(15)13-9-5-6-9/h9-10H,1-8,12H2,(H,13,15). The van der Waals surface area contributed by atoms with Gasteiger partial charge in [0.25, 0.3) is 0 Å². The molecule has 0 bridgehead atoms. The molecule has 86 valence electrons. The highest BCUT2D eigenvalue weighted by Crippen LogP contribution is 2.23. The van der Waals surface area contributed by atoms with E-state index in [0.29, 0.717) is 12.1 Å². The average molecular weight is 211 g/mol. The molecule has 1 aliphatic carbocycles. The number of nitrogens with one attached hydrogen (secondary N) is 1. The van der Waals surface area contributed by atoms with Gasteiger partial charge in [0.15, 0.2) is 0 Å². The van der Waals surface area contributed by atoms with Gasteiger partial charge in [-0.3, -0.25) is 0 Å². The van der Waals surface area contributed by atoms with E-state index in [-0.39, 0.29) is 6.03 Å². The summed E-state index contributed by atoms with van der Waals surface area (Å²) in [6.45, 7) is 1.66. The van der Waals surface area contributed by atoms with Gasteiger partial charge >= 0.3 is 6.03 Å². The van der Waals surface area contributed by atoms with E-state index in [0.717, 1.165) is 51.6 Å². The van der Waals surface area contributed by atoms with E-state index in [1.165, 1.54) is 0 Å². The molecule has 2 rings (SSSR count). The second-order valence-corrected chi connectivity index (χ2v) is 4.64. The second kappa shape index (κ2) is 4.84. The number of urea groups is 1. The Labute approximate surface area is 91.2 Å². The fourth-order valence-electron chi connectivity index (χ4n) is 2.24. The first kappa shape index (κ1) is 10.7. The molecule has 1 saturated heterocycles. The molecule has 2 amide bonds. The molecule has 2 fully saturated rings. The third-order valence-electron chi connectivity index (χ3n) is 3.28. The van der Waals surface area contributed by atoms with E-state index in [4.69, 9.17) is 5.73 Å². The van der Waals surface area contributed by atoms with Crippen LogP contribution >= 0.6 is 0 Å². The van der Waals surface area contributed by atoms with Gasteiger partial charge in [-0.05, 0) is 45.1 Å². The van der Waals surface area contributed by atoms with Crippen LogP contribution in [0, 0.1) is 0 Å². The van der Waals surface area contributed by atoms with Crippen molar-refractivity contribution in [3.8, 4) is 0 Å². The van der Waals surface area contributed by atoms with E-state index in [1.807, 2.05) is 4.90 Å². The maximum atomic E-state index is 11.9. The van der Waals surface area contributed by atoms with Gasteiger partial charge in [-0.2, -0.15) is 0 Å². The molecule has 0 radical (unpaired) electrons. The van der Waals surface area contributed by atoms with Crippen molar-refractivity contribution in [3.05, 3.63) is 0 Å². The van der Waals surface area contributed by atoms with Crippen LogP contribution < -0.4 is 11.1 Å². The molecule has 1 unspecified atom stereocenters. The molecule has 0 aromatic heterocycles. The number of nitrogens with two attached hydrogens (primary N) is 1. The van der Waals surface area contributed by atoms with Crippen LogP contribution in [-0.4, -0.2) is 36.1 Å². The fourth-order valence-corrected chi connectivity index (χ4v) is 2.24. The Morgan fingerprint density at radius 1 is 1.40 bits per heavy atom. The lowest BCUT2D eigenvalue weighted by Gasteiger charge is -2.24. The third-order valence-corrected chi connectivity index (χ3v) is 3.28. The van der Waals surface area contributed by atoms with Crippen LogP contribution in [0.25, 0.3) is 0 Å². The molecule has 15 heavy (non-hydrogen) atoms. The van der Waals surface area contributed by atoms with Gasteiger partial charge in [0, 0.05) is 18.6 Å². The zero-order chi connectivity index (χ0) is 10.7. The van der Waals surface area contributed by atoms with Gasteiger partial charge < -0.3 is 16.0 Å². The quantitative estimate of drug-likeness (QED) is 0.730. The maximum Gasteiger partial charge on any atom is 0.317 e. The minimum atomic E-state index is 0.150. The van der Waals surface area contributed by atoms with E-state index in [9.17, 15) is 4.79 Å². The highest BCUT2D eigenvalue weighted by molar-refractivity contribution is 5.75. The van der Waals surface area contributed by atoms with Gasteiger partial charge in [0.1, 0.15) is 0 Å². The largest absolute Gasteiger partial charge is 0.335 e. The molecule has 1 saturated carbocycles. The number of amides is 2. The Balaban J connectivity index is 1.79. The predicted molar refractivity (Wildman–Crippen MR) is 59.6 cm³/mol. The Bertz CT molecular complexity index is 228. The highest BCUT2D eigenvalue weighted by Gasteiger charge is 2.31. The molecule has 4 nitrogen and oxygen atoms in total. The smallest absolute Gasteiger partial charge is 0.317 e. The molecular formula is C11H21N3O. The molecule has 1 heterocycles. The summed E-state index contributed by atoms with van der Waals surface area (Å²) in [5, 5.41) is 3.06. The number of carbonyl (C=O) groups is 1. The molecule has 3 N–H and O–H groups in total. The van der Waals surface area contributed by atoms with Crippen molar-refractivity contribution >= 4 is 6.03 Å². The molecule has 1 aliphatic heterocycles. The van der Waals surface area contributed by atoms with Crippen LogP contribution in [0.5, 0.6) is 0 Å². The molecule has 1 atom stereocenters. The lowest BCUT2D eigenvalue weighted by atomic mass is 10.1. The number of carbonyl (C=O) groups excluding carboxylic acids is 1. The highest BCUT2D eigenvalue weighted by atomic mass is 16.2. The minimum Gasteiger partial charge on any atom is -0.335 e. The Kier molecular flexibility index (Phi) is 3.46. The zero-order valence-electron chi connectivity index (χ0n) is 9.24. The van der Waals surface area contributed by atoms with E-state index < -0.39 is 0 Å². The normalized spacial score (nSPS) is 25.7. The van der Waals surface area contributed by atoms with E-state index >= 15 is 0 Å². The summed E-state index contributed by atoms with van der Waals surface area (Å²) in [6.07, 6.45) is 6.71. The number of likely N-dealkylation sites (tertiary alicyclic amines) is 1. The van der Waals surface area contributed by atoms with E-state index in [2.05, 4.69) is 5.32 Å². The average Bonchev–Trinajstić information content (AvgIpc) is 2.91. The van der Waals surface area contributed by atoms with Crippen molar-refractivity contribution in [2.45, 2.75) is 50.6 Å². The number of hydrogen-bond acceptors (Lipinski definition) is 2. The summed E-state index contributed by atoms with van der Waals surface area (Å²) in [7, 11) is 0. The van der Waals surface area contributed by atoms with Crippen molar-refractivity contribution in [1.82, 2.24) is 10.2 Å². The molecule has 0 aromatic rings. The van der Waals surface area contributed by atoms with Gasteiger partial charge in [0.2, 0.25) is 0 Å². The van der Waals surface area contributed by atoms with Crippen LogP contribution in [0.15, 0.2) is 0 Å². The predicted octanol–water partition coefficient (Wildman–Crippen LogP) is 1.06. The zero-order valence-corrected chi connectivity index (χ0v) is 9.24. The Morgan fingerprint density at radius 3 is 2.87 bits per heavy atom. The summed E-state index contributed by atoms with van der Waals surface area (Å²) in [6, 6.07) is 1.05. The molecular weight excluding hydrogens is 190 g/mol. The summed E-state index contributed by atoms with van der Waals surface area (Å²) in [5.41, 5.74) is 5.50. The van der Waals surface area contributed by atoms with Crippen molar-refractivity contribution in [2.75, 3.05) is 13.1 Å². The van der Waals surface area contributed by atoms with Gasteiger partial charge in [-0.15, -0.1) is 0 Å².